The highest BCUT2D eigenvalue weighted by Gasteiger charge is 2.51. The van der Waals surface area contributed by atoms with E-state index in [0.29, 0.717) is 34.0 Å². The van der Waals surface area contributed by atoms with Crippen molar-refractivity contribution in [1.82, 2.24) is 30.8 Å². The number of amides is 2. The number of aliphatic imine (C=N–C) groups is 1. The third kappa shape index (κ3) is 5.66. The molecule has 1 saturated carbocycles. The summed E-state index contributed by atoms with van der Waals surface area (Å²) in [5, 5.41) is 17.0. The number of hydrogen-bond acceptors (Lipinski definition) is 6. The second kappa shape index (κ2) is 11.9. The SMILES string of the molecule is CCC[C@H](c1ccc(C(=O)NCc2nn[nH]n2)cc1)N1C(=O)C(c2cccc(Cl)c2)=NC12CCC(C(C)C)CC2. The van der Waals surface area contributed by atoms with Crippen molar-refractivity contribution in [1.29, 1.82) is 0 Å². The Morgan fingerprint density at radius 3 is 2.55 bits per heavy atom. The average molecular weight is 562 g/mol. The molecule has 5 rings (SSSR count). The third-order valence-electron chi connectivity index (χ3n) is 8.29. The Kier molecular flexibility index (Phi) is 8.30. The molecule has 2 amide bonds. The Balaban J connectivity index is 1.44. The quantitative estimate of drug-likeness (QED) is 0.358. The van der Waals surface area contributed by atoms with Crippen LogP contribution >= 0.6 is 11.6 Å². The molecule has 2 N–H and O–H groups in total. The van der Waals surface area contributed by atoms with Crippen LogP contribution in [0.3, 0.4) is 0 Å². The third-order valence-corrected chi connectivity index (χ3v) is 8.52. The highest BCUT2D eigenvalue weighted by atomic mass is 35.5. The predicted octanol–water partition coefficient (Wildman–Crippen LogP) is 5.50. The van der Waals surface area contributed by atoms with Crippen molar-refractivity contribution < 1.29 is 9.59 Å². The van der Waals surface area contributed by atoms with Crippen LogP contribution in [-0.4, -0.2) is 48.7 Å². The molecular formula is C30H36ClN7O2. The Hall–Kier alpha value is -3.59. The van der Waals surface area contributed by atoms with Crippen LogP contribution in [0.5, 0.6) is 0 Å². The summed E-state index contributed by atoms with van der Waals surface area (Å²) < 4.78 is 0. The zero-order valence-electron chi connectivity index (χ0n) is 23.2. The van der Waals surface area contributed by atoms with Gasteiger partial charge in [-0.15, -0.1) is 10.2 Å². The van der Waals surface area contributed by atoms with E-state index in [9.17, 15) is 9.59 Å². The first kappa shape index (κ1) is 28.0. The number of aromatic nitrogens is 4. The summed E-state index contributed by atoms with van der Waals surface area (Å²) in [6, 6.07) is 14.8. The first-order valence-electron chi connectivity index (χ1n) is 14.1. The van der Waals surface area contributed by atoms with Crippen molar-refractivity contribution >= 4 is 29.1 Å². The molecule has 1 aliphatic carbocycles. The molecule has 210 valence electrons. The van der Waals surface area contributed by atoms with Crippen LogP contribution < -0.4 is 5.32 Å². The van der Waals surface area contributed by atoms with E-state index in [1.807, 2.05) is 48.5 Å². The van der Waals surface area contributed by atoms with Crippen molar-refractivity contribution in [2.75, 3.05) is 0 Å². The molecule has 0 unspecified atom stereocenters. The Morgan fingerprint density at radius 2 is 1.93 bits per heavy atom. The largest absolute Gasteiger partial charge is 0.345 e. The Bertz CT molecular complexity index is 1360. The Morgan fingerprint density at radius 1 is 1.18 bits per heavy atom. The minimum atomic E-state index is -0.583. The van der Waals surface area contributed by atoms with E-state index < -0.39 is 5.66 Å². The fourth-order valence-electron chi connectivity index (χ4n) is 6.08. The maximum Gasteiger partial charge on any atom is 0.275 e. The van der Waals surface area contributed by atoms with Gasteiger partial charge in [-0.2, -0.15) is 5.21 Å². The van der Waals surface area contributed by atoms with Crippen LogP contribution in [0.25, 0.3) is 0 Å². The molecule has 9 nitrogen and oxygen atoms in total. The van der Waals surface area contributed by atoms with E-state index in [1.54, 1.807) is 0 Å². The summed E-state index contributed by atoms with van der Waals surface area (Å²) in [5.74, 6) is 1.36. The van der Waals surface area contributed by atoms with Crippen molar-refractivity contribution in [3.63, 3.8) is 0 Å². The molecule has 2 aromatic carbocycles. The molecule has 2 aliphatic rings. The first-order valence-corrected chi connectivity index (χ1v) is 14.5. The minimum absolute atomic E-state index is 0.0503. The van der Waals surface area contributed by atoms with E-state index in [2.05, 4.69) is 51.6 Å². The number of carbonyl (C=O) groups excluding carboxylic acids is 2. The number of hydrogen-bond donors (Lipinski definition) is 2. The van der Waals surface area contributed by atoms with Crippen LogP contribution in [0.1, 0.15) is 92.6 Å². The highest BCUT2D eigenvalue weighted by molar-refractivity contribution is 6.47. The van der Waals surface area contributed by atoms with E-state index in [1.165, 1.54) is 0 Å². The lowest BCUT2D eigenvalue weighted by atomic mass is 9.76. The molecule has 3 aromatic rings. The van der Waals surface area contributed by atoms with Crippen LogP contribution in [0.2, 0.25) is 5.02 Å². The molecule has 0 bridgehead atoms. The summed E-state index contributed by atoms with van der Waals surface area (Å²) in [4.78, 5) is 34.2. The van der Waals surface area contributed by atoms with E-state index in [-0.39, 0.29) is 24.4 Å². The van der Waals surface area contributed by atoms with Gasteiger partial charge in [-0.3, -0.25) is 14.6 Å². The average Bonchev–Trinajstić information content (AvgIpc) is 3.57. The topological polar surface area (TPSA) is 116 Å². The van der Waals surface area contributed by atoms with E-state index in [0.717, 1.165) is 49.7 Å². The fourth-order valence-corrected chi connectivity index (χ4v) is 6.27. The number of H-pyrrole nitrogens is 1. The number of nitrogens with zero attached hydrogens (tertiary/aromatic N) is 5. The fraction of sp³-hybridized carbons (Fsp3) is 0.467. The lowest BCUT2D eigenvalue weighted by molar-refractivity contribution is -0.133. The molecule has 1 aliphatic heterocycles. The molecule has 1 fully saturated rings. The van der Waals surface area contributed by atoms with Gasteiger partial charge in [0.1, 0.15) is 11.4 Å². The number of tetrazole rings is 1. The molecule has 0 saturated heterocycles. The molecule has 2 heterocycles. The zero-order valence-corrected chi connectivity index (χ0v) is 24.0. The number of halogens is 1. The molecule has 1 atom stereocenters. The van der Waals surface area contributed by atoms with Crippen molar-refractivity contribution in [3.05, 3.63) is 76.1 Å². The van der Waals surface area contributed by atoms with Crippen LogP contribution in [0.4, 0.5) is 0 Å². The number of nitrogens with one attached hydrogen (secondary N) is 2. The summed E-state index contributed by atoms with van der Waals surface area (Å²) in [7, 11) is 0. The van der Waals surface area contributed by atoms with E-state index >= 15 is 0 Å². The van der Waals surface area contributed by atoms with Gasteiger partial charge < -0.3 is 10.2 Å². The summed E-state index contributed by atoms with van der Waals surface area (Å²) in [5.41, 5.74) is 2.19. The lowest BCUT2D eigenvalue weighted by Gasteiger charge is -2.46. The molecular weight excluding hydrogens is 526 g/mol. The molecule has 1 aromatic heterocycles. The maximum absolute atomic E-state index is 14.2. The Labute approximate surface area is 239 Å². The van der Waals surface area contributed by atoms with Gasteiger partial charge in [0, 0.05) is 16.1 Å². The molecule has 0 radical (unpaired) electrons. The highest BCUT2D eigenvalue weighted by Crippen LogP contribution is 2.48. The van der Waals surface area contributed by atoms with Gasteiger partial charge >= 0.3 is 0 Å². The van der Waals surface area contributed by atoms with Crippen LogP contribution in [-0.2, 0) is 11.3 Å². The van der Waals surface area contributed by atoms with Crippen molar-refractivity contribution in [2.24, 2.45) is 16.8 Å². The number of benzene rings is 2. The van der Waals surface area contributed by atoms with Crippen molar-refractivity contribution in [3.8, 4) is 0 Å². The summed E-state index contributed by atoms with van der Waals surface area (Å²) in [6.07, 6.45) is 5.44. The number of aromatic amines is 1. The standard InChI is InChI=1S/C30H36ClN7O2/c1-4-6-25(21-9-11-22(12-10-21)28(39)32-18-26-34-36-37-35-26)38-29(40)27(23-7-5-8-24(31)17-23)33-30(38)15-13-20(14-16-30)19(2)3/h5,7-12,17,19-20,25H,4,6,13-16,18H2,1-3H3,(H,32,39)(H,34,35,36,37)/t20?,25-,30?/m1/s1. The molecule has 40 heavy (non-hydrogen) atoms. The van der Waals surface area contributed by atoms with Gasteiger partial charge in [0.2, 0.25) is 0 Å². The molecule has 1 spiro atoms. The van der Waals surface area contributed by atoms with Gasteiger partial charge in [-0.1, -0.05) is 68.3 Å². The zero-order chi connectivity index (χ0) is 28.3. The van der Waals surface area contributed by atoms with Gasteiger partial charge in [-0.05, 0) is 73.8 Å². The first-order chi connectivity index (χ1) is 19.3. The summed E-state index contributed by atoms with van der Waals surface area (Å²) in [6.45, 7) is 6.87. The number of rotatable bonds is 9. The second-order valence-electron chi connectivity index (χ2n) is 11.1. The monoisotopic (exact) mass is 561 g/mol. The predicted molar refractivity (Wildman–Crippen MR) is 154 cm³/mol. The van der Waals surface area contributed by atoms with Gasteiger partial charge in [0.05, 0.1) is 12.6 Å². The van der Waals surface area contributed by atoms with Gasteiger partial charge in [-0.25, -0.2) is 0 Å². The van der Waals surface area contributed by atoms with Crippen molar-refractivity contribution in [2.45, 2.75) is 77.5 Å². The van der Waals surface area contributed by atoms with Crippen LogP contribution in [0, 0.1) is 11.8 Å². The molecule has 10 heteroatoms. The lowest BCUT2D eigenvalue weighted by Crippen LogP contribution is -2.51. The normalized spacial score (nSPS) is 21.6. The second-order valence-corrected chi connectivity index (χ2v) is 11.6. The number of carbonyl (C=O) groups is 2. The van der Waals surface area contributed by atoms with Crippen LogP contribution in [0.15, 0.2) is 53.5 Å². The smallest absolute Gasteiger partial charge is 0.275 e. The van der Waals surface area contributed by atoms with Gasteiger partial charge in [0.25, 0.3) is 11.8 Å². The van der Waals surface area contributed by atoms with E-state index in [4.69, 9.17) is 16.6 Å². The van der Waals surface area contributed by atoms with Gasteiger partial charge in [0.15, 0.2) is 5.82 Å². The minimum Gasteiger partial charge on any atom is -0.345 e. The maximum atomic E-state index is 14.2. The summed E-state index contributed by atoms with van der Waals surface area (Å²) >= 11 is 6.31.